The van der Waals surface area contributed by atoms with Crippen LogP contribution in [0.15, 0.2) is 288 Å². The fourth-order valence-corrected chi connectivity index (χ4v) is 16.5. The van der Waals surface area contributed by atoms with Crippen molar-refractivity contribution >= 4 is 78.0 Å². The lowest BCUT2D eigenvalue weighted by molar-refractivity contribution is -0.0393. The van der Waals surface area contributed by atoms with Crippen LogP contribution in [-0.4, -0.2) is 0 Å². The van der Waals surface area contributed by atoms with E-state index in [0.717, 1.165) is 103 Å². The Labute approximate surface area is 514 Å². The molecule has 5 aliphatic carbocycles. The van der Waals surface area contributed by atoms with Crippen molar-refractivity contribution in [1.82, 2.24) is 0 Å². The number of hydrogen-bond donors (Lipinski definition) is 0. The van der Waals surface area contributed by atoms with Crippen LogP contribution in [0.1, 0.15) is 56.9 Å². The summed E-state index contributed by atoms with van der Waals surface area (Å²) in [6, 6.07) is 70.8. The van der Waals surface area contributed by atoms with Crippen LogP contribution in [-0.2, 0) is 5.41 Å². The Balaban J connectivity index is 0.853. The molecule has 410 valence electrons. The van der Waals surface area contributed by atoms with Gasteiger partial charge in [-0.2, -0.15) is 0 Å². The molecule has 12 aromatic carbocycles. The van der Waals surface area contributed by atoms with Crippen molar-refractivity contribution in [3.63, 3.8) is 0 Å². The van der Waals surface area contributed by atoms with Crippen LogP contribution in [0.4, 0.5) is 34.1 Å². The molecule has 4 nitrogen and oxygen atoms in total. The molecule has 0 saturated heterocycles. The van der Waals surface area contributed by atoms with Crippen LogP contribution in [0, 0.1) is 23.7 Å². The number of nitrogens with zero attached hydrogens (tertiary/aromatic N) is 2. The molecular weight excluding hydrogens is 1040 g/mol. The monoisotopic (exact) mass is 1110 g/mol. The summed E-state index contributed by atoms with van der Waals surface area (Å²) < 4.78 is 102. The third-order valence-electron chi connectivity index (χ3n) is 19.6. The van der Waals surface area contributed by atoms with E-state index >= 15 is 0 Å². The van der Waals surface area contributed by atoms with Crippen molar-refractivity contribution < 1.29 is 22.5 Å². The number of hydrogen-bond acceptors (Lipinski definition) is 4. The van der Waals surface area contributed by atoms with E-state index < -0.39 is 24.2 Å². The minimum Gasteiger partial charge on any atom is -0.454 e. The fraction of sp³-hybridized carbons (Fsp3) is 0.122. The highest BCUT2D eigenvalue weighted by molar-refractivity contribution is 6.17. The summed E-state index contributed by atoms with van der Waals surface area (Å²) in [5, 5.41) is 4.08. The van der Waals surface area contributed by atoms with Gasteiger partial charge in [0, 0.05) is 49.5 Å². The van der Waals surface area contributed by atoms with Crippen LogP contribution in [0.2, 0.25) is 0 Å². The zero-order chi connectivity index (χ0) is 65.2. The zero-order valence-electron chi connectivity index (χ0n) is 56.8. The van der Waals surface area contributed by atoms with Gasteiger partial charge in [0.15, 0.2) is 11.2 Å². The molecule has 1 spiro atoms. The lowest BCUT2D eigenvalue weighted by Gasteiger charge is -2.61. The van der Waals surface area contributed by atoms with Crippen molar-refractivity contribution in [3.05, 3.63) is 290 Å². The highest BCUT2D eigenvalue weighted by Gasteiger charge is 2.62. The molecule has 4 bridgehead atoms. The van der Waals surface area contributed by atoms with Gasteiger partial charge in [0.25, 0.3) is 0 Å². The number of furan rings is 2. The first kappa shape index (κ1) is 40.2. The molecule has 4 heteroatoms. The molecule has 2 heterocycles. The van der Waals surface area contributed by atoms with Crippen LogP contribution in [0.5, 0.6) is 0 Å². The normalized spacial score (nSPS) is 20.6. The highest BCUT2D eigenvalue weighted by Crippen LogP contribution is 2.71. The molecular formula is C82H60N2O2. The van der Waals surface area contributed by atoms with Crippen LogP contribution in [0.25, 0.3) is 99.5 Å². The van der Waals surface area contributed by atoms with Gasteiger partial charge in [-0.3, -0.25) is 0 Å². The number of benzene rings is 12. The molecule has 14 aromatic rings. The van der Waals surface area contributed by atoms with Gasteiger partial charge < -0.3 is 18.6 Å². The maximum absolute atomic E-state index is 9.05. The first-order chi connectivity index (χ1) is 46.8. The Hall–Kier alpha value is -10.2. The summed E-state index contributed by atoms with van der Waals surface area (Å²) >= 11 is 0. The van der Waals surface area contributed by atoms with Crippen molar-refractivity contribution in [2.75, 3.05) is 9.80 Å². The summed E-state index contributed by atoms with van der Waals surface area (Å²) in [6.07, 6.45) is 5.85. The molecule has 4 saturated carbocycles. The number of fused-ring (bicyclic) bond motifs is 10. The Morgan fingerprint density at radius 3 is 1.40 bits per heavy atom. The highest BCUT2D eigenvalue weighted by atomic mass is 16.3. The van der Waals surface area contributed by atoms with Gasteiger partial charge in [-0.15, -0.1) is 0 Å². The van der Waals surface area contributed by atoms with Crippen molar-refractivity contribution in [1.29, 1.82) is 0 Å². The first-order valence-electron chi connectivity index (χ1n) is 35.0. The third kappa shape index (κ3) is 7.48. The Morgan fingerprint density at radius 2 is 0.826 bits per heavy atom. The van der Waals surface area contributed by atoms with E-state index in [1.54, 1.807) is 6.07 Å². The molecule has 2 aromatic heterocycles. The number of rotatable bonds is 10. The van der Waals surface area contributed by atoms with Crippen LogP contribution >= 0.6 is 0 Å². The lowest BCUT2D eigenvalue weighted by atomic mass is 9.43. The minimum absolute atomic E-state index is 0.126. The molecule has 19 rings (SSSR count). The van der Waals surface area contributed by atoms with Gasteiger partial charge in [-0.25, -0.2) is 0 Å². The Bertz CT molecular complexity index is 5520. The molecule has 4 fully saturated rings. The average Bonchev–Trinajstić information content (AvgIpc) is 1.56. The van der Waals surface area contributed by atoms with Crippen LogP contribution in [0.3, 0.4) is 0 Å². The lowest BCUT2D eigenvalue weighted by Crippen LogP contribution is -2.55. The number of anilines is 6. The van der Waals surface area contributed by atoms with Crippen molar-refractivity contribution in [2.45, 2.75) is 37.5 Å². The van der Waals surface area contributed by atoms with E-state index in [9.17, 15) is 0 Å². The SMILES string of the molecule is [2H]c1c([2H])c([2H])c(-c2cccc(N(c3ccccc3-c3ccccc3)c3cccc4c3oc3cc5c(cc34)C3(c4c-5ccc5oc6c(N(c7cccc(-c8c([2H])c([2H])c([2H])c([2H])c8[2H])c7)c7ccccc7-c7ccccc7)cccc6c45)C4CC5CC(C4)CC3C5)c2)c([2H])c1[2H]. The second kappa shape index (κ2) is 19.5. The van der Waals surface area contributed by atoms with Gasteiger partial charge in [0.05, 0.1) is 36.5 Å². The third-order valence-corrected chi connectivity index (χ3v) is 19.6. The standard InChI is InChI=1S/C82H60N2O2/c1-5-21-54(22-6-1)58-29-17-31-62(48-58)83(72-37-15-13-33-64(72)56-25-9-3-10-26-56)74-39-19-35-67-70-50-71-69(51-77(70)86-80(67)74)66-41-42-76-78(79(66)82(71)60-44-52-43-53(46-60)47-61(82)45-52)68-36-20-40-75(81(68)85-76)84(63-32-18-30-59(49-63)55-23-7-2-8-24-55)73-38-16-14-34-65(73)57-27-11-4-12-28-57/h1-42,48-53,60-61H,43-47H2/i1D,2D,5D,6D,7D,8D,21D,22D,23D,24D. The second-order valence-electron chi connectivity index (χ2n) is 24.0. The van der Waals surface area contributed by atoms with Crippen molar-refractivity contribution in [2.24, 2.45) is 23.7 Å². The average molecular weight is 1120 g/mol. The van der Waals surface area contributed by atoms with Crippen molar-refractivity contribution in [3.8, 4) is 55.6 Å². The largest absolute Gasteiger partial charge is 0.454 e. The van der Waals surface area contributed by atoms with E-state index in [-0.39, 0.29) is 52.8 Å². The topological polar surface area (TPSA) is 32.8 Å². The predicted octanol–water partition coefficient (Wildman–Crippen LogP) is 22.8. The second-order valence-corrected chi connectivity index (χ2v) is 24.0. The summed E-state index contributed by atoms with van der Waals surface area (Å²) in [6.45, 7) is 0. The minimum atomic E-state index is -0.439. The van der Waals surface area contributed by atoms with E-state index in [4.69, 9.17) is 22.5 Å². The van der Waals surface area contributed by atoms with E-state index in [1.807, 2.05) is 103 Å². The molecule has 0 unspecified atom stereocenters. The Kier molecular flexibility index (Phi) is 9.08. The predicted molar refractivity (Wildman–Crippen MR) is 355 cm³/mol. The molecule has 5 aliphatic rings. The van der Waals surface area contributed by atoms with Crippen LogP contribution < -0.4 is 9.80 Å². The molecule has 0 radical (unpaired) electrons. The fourth-order valence-electron chi connectivity index (χ4n) is 16.5. The first-order valence-corrected chi connectivity index (χ1v) is 30.0. The van der Waals surface area contributed by atoms with Gasteiger partial charge in [0.2, 0.25) is 0 Å². The smallest absolute Gasteiger partial charge is 0.159 e. The van der Waals surface area contributed by atoms with Gasteiger partial charge >= 0.3 is 0 Å². The summed E-state index contributed by atoms with van der Waals surface area (Å²) in [4.78, 5) is 4.38. The molecule has 0 amide bonds. The maximum atomic E-state index is 9.05. The van der Waals surface area contributed by atoms with Gasteiger partial charge in [-0.05, 0) is 178 Å². The summed E-state index contributed by atoms with van der Waals surface area (Å²) in [5.41, 5.74) is 17.5. The molecule has 86 heavy (non-hydrogen) atoms. The van der Waals surface area contributed by atoms with E-state index in [2.05, 4.69) is 119 Å². The van der Waals surface area contributed by atoms with Gasteiger partial charge in [0.1, 0.15) is 11.2 Å². The quantitative estimate of drug-likeness (QED) is 0.137. The zero-order valence-corrected chi connectivity index (χ0v) is 46.8. The van der Waals surface area contributed by atoms with E-state index in [0.29, 0.717) is 57.3 Å². The Morgan fingerprint density at radius 1 is 0.349 bits per heavy atom. The molecule has 0 atom stereocenters. The summed E-state index contributed by atoms with van der Waals surface area (Å²) in [7, 11) is 0. The van der Waals surface area contributed by atoms with Gasteiger partial charge in [-0.1, -0.05) is 212 Å². The molecule has 0 N–H and O–H groups in total. The summed E-state index contributed by atoms with van der Waals surface area (Å²) in [5.74, 6) is 2.08. The van der Waals surface area contributed by atoms with E-state index in [1.165, 1.54) is 28.7 Å². The molecule has 0 aliphatic heterocycles. The number of para-hydroxylation sites is 4. The maximum Gasteiger partial charge on any atom is 0.159 e.